The number of nitrogens with one attached hydrogen (secondary N) is 2. The molecule has 1 aliphatic rings. The largest absolute Gasteiger partial charge is 0.465 e. The van der Waals surface area contributed by atoms with Crippen LogP contribution in [-0.4, -0.2) is 28.0 Å². The number of nitrogens with zero attached hydrogens (tertiary/aromatic N) is 2. The number of hydrogen-bond acceptors (Lipinski definition) is 6. The van der Waals surface area contributed by atoms with Gasteiger partial charge in [0.15, 0.2) is 5.11 Å². The maximum absolute atomic E-state index is 12.7. The van der Waals surface area contributed by atoms with Crippen molar-refractivity contribution >= 4 is 45.3 Å². The summed E-state index contributed by atoms with van der Waals surface area (Å²) in [5.74, 6) is 1.25. The molecule has 7 nitrogen and oxygen atoms in total. The van der Waals surface area contributed by atoms with Crippen LogP contribution >= 0.6 is 23.6 Å². The maximum Gasteiger partial charge on any atom is 0.341 e. The predicted molar refractivity (Wildman–Crippen MR) is 161 cm³/mol. The van der Waals surface area contributed by atoms with E-state index in [9.17, 15) is 4.79 Å². The molecule has 202 valence electrons. The number of hydrogen-bond donors (Lipinski definition) is 2. The molecular weight excluding hydrogens is 528 g/mol. The number of benzene rings is 2. The highest BCUT2D eigenvalue weighted by atomic mass is 32.1. The fourth-order valence-electron chi connectivity index (χ4n) is 4.93. The number of ether oxygens (including phenoxy) is 2. The Hall–Kier alpha value is -3.69. The van der Waals surface area contributed by atoms with Crippen molar-refractivity contribution in [3.63, 3.8) is 0 Å². The molecule has 5 rings (SSSR count). The molecule has 0 radical (unpaired) electrons. The highest BCUT2D eigenvalue weighted by molar-refractivity contribution is 7.80. The second-order valence-corrected chi connectivity index (χ2v) is 11.1. The molecule has 2 heterocycles. The number of anilines is 2. The number of aromatic nitrogens is 2. The smallest absolute Gasteiger partial charge is 0.341 e. The summed E-state index contributed by atoms with van der Waals surface area (Å²) in [7, 11) is 1.42. The van der Waals surface area contributed by atoms with E-state index < -0.39 is 0 Å². The summed E-state index contributed by atoms with van der Waals surface area (Å²) in [5, 5.41) is 12.5. The number of esters is 1. The minimum atomic E-state index is -0.321. The van der Waals surface area contributed by atoms with Gasteiger partial charge in [0.25, 0.3) is 0 Å². The van der Waals surface area contributed by atoms with Crippen molar-refractivity contribution < 1.29 is 14.3 Å². The van der Waals surface area contributed by atoms with Crippen LogP contribution in [0.25, 0.3) is 0 Å². The molecule has 0 fully saturated rings. The summed E-state index contributed by atoms with van der Waals surface area (Å²) in [6.45, 7) is 4.56. The number of carbonyl (C=O) groups is 1. The normalized spacial score (nSPS) is 12.8. The average Bonchev–Trinajstić information content (AvgIpc) is 3.27. The van der Waals surface area contributed by atoms with Crippen molar-refractivity contribution in [3.05, 3.63) is 87.6 Å². The number of carbonyl (C=O) groups excluding carboxylic acids is 1. The summed E-state index contributed by atoms with van der Waals surface area (Å²) in [4.78, 5) is 13.9. The second-order valence-electron chi connectivity index (χ2n) is 9.61. The molecule has 2 aromatic heterocycles. The third kappa shape index (κ3) is 6.15. The van der Waals surface area contributed by atoms with Crippen LogP contribution in [0.3, 0.4) is 0 Å². The molecule has 0 atom stereocenters. The van der Waals surface area contributed by atoms with Gasteiger partial charge in [-0.1, -0.05) is 36.8 Å². The van der Waals surface area contributed by atoms with E-state index in [-0.39, 0.29) is 5.97 Å². The molecule has 2 N–H and O–H groups in total. The lowest BCUT2D eigenvalue weighted by Crippen LogP contribution is -2.21. The number of aryl methyl sites for hydroxylation is 2. The Balaban J connectivity index is 1.31. The molecule has 1 aliphatic carbocycles. The van der Waals surface area contributed by atoms with Gasteiger partial charge in [-0.3, -0.25) is 4.68 Å². The molecule has 39 heavy (non-hydrogen) atoms. The Morgan fingerprint density at radius 3 is 2.59 bits per heavy atom. The van der Waals surface area contributed by atoms with Crippen molar-refractivity contribution in [2.75, 3.05) is 17.7 Å². The van der Waals surface area contributed by atoms with Gasteiger partial charge >= 0.3 is 5.97 Å². The number of methoxy groups -OCH3 is 1. The molecule has 9 heteroatoms. The van der Waals surface area contributed by atoms with E-state index in [0.29, 0.717) is 17.2 Å². The van der Waals surface area contributed by atoms with E-state index in [1.165, 1.54) is 18.4 Å². The number of fused-ring (bicyclic) bond motifs is 1. The first-order valence-electron chi connectivity index (χ1n) is 13.1. The van der Waals surface area contributed by atoms with Gasteiger partial charge in [-0.25, -0.2) is 4.79 Å². The van der Waals surface area contributed by atoms with Crippen molar-refractivity contribution in [3.8, 4) is 11.5 Å². The fourth-order valence-corrected chi connectivity index (χ4v) is 6.48. The lowest BCUT2D eigenvalue weighted by molar-refractivity contribution is 0.0601. The Labute approximate surface area is 238 Å². The topological polar surface area (TPSA) is 77.4 Å². The first-order chi connectivity index (χ1) is 18.9. The lowest BCUT2D eigenvalue weighted by Gasteiger charge is -2.12. The standard InChI is InChI=1S/C30H32N4O3S2/c1-19-27(31-30(38)32-28-26(29(35)36-3)24-15-8-5-9-16-25(24)39-28)20(2)34(33-19)18-21-11-10-14-23(17-21)37-22-12-6-4-7-13-22/h4,6-7,10-14,17H,5,8-9,15-16,18H2,1-3H3,(H2,31,32,38). The van der Waals surface area contributed by atoms with Crippen molar-refractivity contribution in [1.82, 2.24) is 9.78 Å². The van der Waals surface area contributed by atoms with Crippen LogP contribution in [0.2, 0.25) is 0 Å². The molecule has 2 aromatic carbocycles. The molecule has 0 unspecified atom stereocenters. The maximum atomic E-state index is 12.7. The van der Waals surface area contributed by atoms with E-state index in [1.54, 1.807) is 11.3 Å². The van der Waals surface area contributed by atoms with Crippen molar-refractivity contribution in [2.45, 2.75) is 52.5 Å². The summed E-state index contributed by atoms with van der Waals surface area (Å²) < 4.78 is 13.1. The van der Waals surface area contributed by atoms with Crippen LogP contribution in [0.15, 0.2) is 54.6 Å². The van der Waals surface area contributed by atoms with E-state index in [1.807, 2.05) is 67.1 Å². The molecule has 0 amide bonds. The van der Waals surface area contributed by atoms with Gasteiger partial charge < -0.3 is 20.1 Å². The van der Waals surface area contributed by atoms with Crippen LogP contribution in [0.1, 0.15) is 57.0 Å². The van der Waals surface area contributed by atoms with E-state index >= 15 is 0 Å². The van der Waals surface area contributed by atoms with Crippen LogP contribution < -0.4 is 15.4 Å². The molecule has 0 aliphatic heterocycles. The number of para-hydroxylation sites is 1. The van der Waals surface area contributed by atoms with E-state index in [0.717, 1.165) is 70.4 Å². The van der Waals surface area contributed by atoms with E-state index in [2.05, 4.69) is 16.7 Å². The number of rotatable bonds is 7. The van der Waals surface area contributed by atoms with Crippen LogP contribution in [0.4, 0.5) is 10.7 Å². The fraction of sp³-hybridized carbons (Fsp3) is 0.300. The summed E-state index contributed by atoms with van der Waals surface area (Å²) in [6, 6.07) is 17.8. The van der Waals surface area contributed by atoms with Gasteiger partial charge in [-0.15, -0.1) is 11.3 Å². The average molecular weight is 561 g/mol. The number of thiophene rings is 1. The van der Waals surface area contributed by atoms with Gasteiger partial charge in [0, 0.05) is 4.88 Å². The first kappa shape index (κ1) is 26.9. The summed E-state index contributed by atoms with van der Waals surface area (Å²) in [5.41, 5.74) is 5.44. The van der Waals surface area contributed by atoms with Crippen LogP contribution in [0, 0.1) is 13.8 Å². The molecule has 0 spiro atoms. The Kier molecular flexibility index (Phi) is 8.28. The van der Waals surface area contributed by atoms with Gasteiger partial charge in [-0.2, -0.15) is 5.10 Å². The van der Waals surface area contributed by atoms with Gasteiger partial charge in [0.05, 0.1) is 36.3 Å². The van der Waals surface area contributed by atoms with Gasteiger partial charge in [0.2, 0.25) is 0 Å². The third-order valence-electron chi connectivity index (χ3n) is 6.87. The Bertz CT molecular complexity index is 1490. The quantitative estimate of drug-likeness (QED) is 0.140. The highest BCUT2D eigenvalue weighted by Gasteiger charge is 2.26. The third-order valence-corrected chi connectivity index (χ3v) is 8.28. The lowest BCUT2D eigenvalue weighted by atomic mass is 10.1. The van der Waals surface area contributed by atoms with Crippen molar-refractivity contribution in [1.29, 1.82) is 0 Å². The first-order valence-corrected chi connectivity index (χ1v) is 14.3. The molecule has 0 saturated carbocycles. The zero-order valence-electron chi connectivity index (χ0n) is 22.4. The molecular formula is C30H32N4O3S2. The molecule has 4 aromatic rings. The SMILES string of the molecule is COC(=O)c1c(NC(=S)Nc2c(C)nn(Cc3cccc(Oc4ccccc4)c3)c2C)sc2c1CCCCC2. The van der Waals surface area contributed by atoms with E-state index in [4.69, 9.17) is 26.8 Å². The van der Waals surface area contributed by atoms with Gasteiger partial charge in [0.1, 0.15) is 16.5 Å². The highest BCUT2D eigenvalue weighted by Crippen LogP contribution is 2.38. The minimum Gasteiger partial charge on any atom is -0.465 e. The van der Waals surface area contributed by atoms with Crippen LogP contribution in [-0.2, 0) is 24.1 Å². The zero-order chi connectivity index (χ0) is 27.4. The Morgan fingerprint density at radius 2 is 1.79 bits per heavy atom. The summed E-state index contributed by atoms with van der Waals surface area (Å²) in [6.07, 6.45) is 5.26. The Morgan fingerprint density at radius 1 is 1.03 bits per heavy atom. The molecule has 0 saturated heterocycles. The minimum absolute atomic E-state index is 0.321. The number of thiocarbonyl (C=S) groups is 1. The van der Waals surface area contributed by atoms with Gasteiger partial charge in [-0.05, 0) is 87.1 Å². The monoisotopic (exact) mass is 560 g/mol. The predicted octanol–water partition coefficient (Wildman–Crippen LogP) is 7.27. The molecule has 0 bridgehead atoms. The second kappa shape index (κ2) is 12.0. The van der Waals surface area contributed by atoms with Crippen molar-refractivity contribution in [2.24, 2.45) is 0 Å². The van der Waals surface area contributed by atoms with Crippen LogP contribution in [0.5, 0.6) is 11.5 Å². The summed E-state index contributed by atoms with van der Waals surface area (Å²) >= 11 is 7.29. The zero-order valence-corrected chi connectivity index (χ0v) is 24.0.